The molecule has 17 heavy (non-hydrogen) atoms. The van der Waals surface area contributed by atoms with Crippen molar-refractivity contribution < 1.29 is 9.50 Å². The zero-order valence-electron chi connectivity index (χ0n) is 9.28. The quantitative estimate of drug-likeness (QED) is 0.732. The molecule has 4 nitrogen and oxygen atoms in total. The minimum Gasteiger partial charge on any atom is -0.392 e. The number of benzene rings is 1. The van der Waals surface area contributed by atoms with Crippen LogP contribution >= 0.6 is 0 Å². The number of aliphatic hydroxyl groups is 1. The highest BCUT2D eigenvalue weighted by molar-refractivity contribution is 5.24. The van der Waals surface area contributed by atoms with Crippen molar-refractivity contribution in [3.8, 4) is 0 Å². The zero-order valence-corrected chi connectivity index (χ0v) is 9.28. The van der Waals surface area contributed by atoms with E-state index in [1.165, 1.54) is 6.07 Å². The predicted molar refractivity (Wildman–Crippen MR) is 61.5 cm³/mol. The number of hydrogen-bond donors (Lipinski definition) is 3. The Hall–Kier alpha value is -1.72. The number of aromatic amines is 1. The Bertz CT molecular complexity index is 471. The van der Waals surface area contributed by atoms with Crippen molar-refractivity contribution in [2.45, 2.75) is 19.7 Å². The minimum atomic E-state index is -0.371. The lowest BCUT2D eigenvalue weighted by molar-refractivity contribution is 0.275. The van der Waals surface area contributed by atoms with E-state index >= 15 is 0 Å². The molecule has 0 saturated carbocycles. The van der Waals surface area contributed by atoms with Gasteiger partial charge in [-0.3, -0.25) is 5.10 Å². The molecular formula is C12H14FN3O. The maximum absolute atomic E-state index is 13.1. The molecule has 0 atom stereocenters. The van der Waals surface area contributed by atoms with Gasteiger partial charge in [0, 0.05) is 30.5 Å². The molecule has 2 aromatic rings. The molecule has 1 aromatic heterocycles. The molecule has 0 unspecified atom stereocenters. The molecule has 90 valence electrons. The number of H-pyrrole nitrogens is 1. The zero-order chi connectivity index (χ0) is 12.1. The van der Waals surface area contributed by atoms with E-state index in [2.05, 4.69) is 15.5 Å². The Kier molecular flexibility index (Phi) is 3.85. The molecule has 2 rings (SSSR count). The maximum Gasteiger partial charge on any atom is 0.128 e. The topological polar surface area (TPSA) is 60.9 Å². The van der Waals surface area contributed by atoms with Crippen LogP contribution in [0.25, 0.3) is 0 Å². The highest BCUT2D eigenvalue weighted by Gasteiger charge is 2.02. The van der Waals surface area contributed by atoms with Crippen LogP contribution in [0.5, 0.6) is 0 Å². The van der Waals surface area contributed by atoms with Gasteiger partial charge in [-0.2, -0.15) is 5.10 Å². The number of nitrogens with zero attached hydrogens (tertiary/aromatic N) is 1. The van der Waals surface area contributed by atoms with E-state index in [9.17, 15) is 4.39 Å². The summed E-state index contributed by atoms with van der Waals surface area (Å²) in [5, 5.41) is 18.8. The van der Waals surface area contributed by atoms with E-state index in [1.54, 1.807) is 18.3 Å². The molecule has 0 saturated heterocycles. The fourth-order valence-corrected chi connectivity index (χ4v) is 1.58. The average Bonchev–Trinajstić information content (AvgIpc) is 2.84. The summed E-state index contributed by atoms with van der Waals surface area (Å²) in [6, 6.07) is 6.62. The number of halogens is 1. The monoisotopic (exact) mass is 235 g/mol. The van der Waals surface area contributed by atoms with Gasteiger partial charge in [0.25, 0.3) is 0 Å². The van der Waals surface area contributed by atoms with Crippen LogP contribution in [0.4, 0.5) is 4.39 Å². The average molecular weight is 235 g/mol. The maximum atomic E-state index is 13.1. The standard InChI is InChI=1S/C12H14FN3O/c13-12-2-1-9(5-10(12)8-17)6-14-7-11-3-4-15-16-11/h1-5,14,17H,6-8H2,(H,15,16). The number of hydrogen-bond acceptors (Lipinski definition) is 3. The second-order valence-corrected chi connectivity index (χ2v) is 3.77. The normalized spacial score (nSPS) is 10.7. The fraction of sp³-hybridized carbons (Fsp3) is 0.250. The molecule has 1 aromatic carbocycles. The van der Waals surface area contributed by atoms with Crippen molar-refractivity contribution in [3.05, 3.63) is 53.1 Å². The first-order valence-corrected chi connectivity index (χ1v) is 5.36. The number of aromatic nitrogens is 2. The van der Waals surface area contributed by atoms with Crippen LogP contribution in [0.3, 0.4) is 0 Å². The summed E-state index contributed by atoms with van der Waals surface area (Å²) >= 11 is 0. The first-order chi connectivity index (χ1) is 8.29. The molecule has 0 aliphatic rings. The smallest absolute Gasteiger partial charge is 0.128 e. The van der Waals surface area contributed by atoms with Gasteiger partial charge in [0.15, 0.2) is 0 Å². The lowest BCUT2D eigenvalue weighted by Crippen LogP contribution is -2.13. The molecule has 0 aliphatic carbocycles. The Morgan fingerprint density at radius 2 is 2.18 bits per heavy atom. The molecule has 5 heteroatoms. The van der Waals surface area contributed by atoms with Crippen LogP contribution in [-0.4, -0.2) is 15.3 Å². The number of nitrogens with one attached hydrogen (secondary N) is 2. The SMILES string of the molecule is OCc1cc(CNCc2ccn[nH]2)ccc1F. The van der Waals surface area contributed by atoms with Gasteiger partial charge in [-0.05, 0) is 23.8 Å². The molecule has 0 bridgehead atoms. The van der Waals surface area contributed by atoms with Crippen LogP contribution in [-0.2, 0) is 19.7 Å². The first-order valence-electron chi connectivity index (χ1n) is 5.36. The number of aliphatic hydroxyl groups excluding tert-OH is 1. The van der Waals surface area contributed by atoms with Crippen molar-refractivity contribution in [3.63, 3.8) is 0 Å². The third-order valence-electron chi connectivity index (χ3n) is 2.48. The van der Waals surface area contributed by atoms with Gasteiger partial charge < -0.3 is 10.4 Å². The predicted octanol–water partition coefficient (Wildman–Crippen LogP) is 1.33. The number of rotatable bonds is 5. The largest absolute Gasteiger partial charge is 0.392 e. The van der Waals surface area contributed by atoms with Crippen LogP contribution in [0.1, 0.15) is 16.8 Å². The van der Waals surface area contributed by atoms with Crippen LogP contribution in [0, 0.1) is 5.82 Å². The van der Waals surface area contributed by atoms with Crippen molar-refractivity contribution in [1.82, 2.24) is 15.5 Å². The van der Waals surface area contributed by atoms with Gasteiger partial charge in [-0.1, -0.05) is 6.07 Å². The van der Waals surface area contributed by atoms with Crippen molar-refractivity contribution >= 4 is 0 Å². The van der Waals surface area contributed by atoms with Crippen LogP contribution in [0.15, 0.2) is 30.5 Å². The summed E-state index contributed by atoms with van der Waals surface area (Å²) in [4.78, 5) is 0. The van der Waals surface area contributed by atoms with Gasteiger partial charge in [-0.15, -0.1) is 0 Å². The molecular weight excluding hydrogens is 221 g/mol. The van der Waals surface area contributed by atoms with E-state index in [0.29, 0.717) is 18.7 Å². The highest BCUT2D eigenvalue weighted by atomic mass is 19.1. The van der Waals surface area contributed by atoms with E-state index < -0.39 is 0 Å². The van der Waals surface area contributed by atoms with Crippen LogP contribution in [0.2, 0.25) is 0 Å². The highest BCUT2D eigenvalue weighted by Crippen LogP contribution is 2.10. The third-order valence-corrected chi connectivity index (χ3v) is 2.48. The first kappa shape index (κ1) is 11.8. The molecule has 0 fully saturated rings. The summed E-state index contributed by atoms with van der Waals surface area (Å²) in [5.74, 6) is -0.371. The van der Waals surface area contributed by atoms with E-state index in [1.807, 2.05) is 6.07 Å². The fourth-order valence-electron chi connectivity index (χ4n) is 1.58. The van der Waals surface area contributed by atoms with Gasteiger partial charge in [0.2, 0.25) is 0 Å². The summed E-state index contributed by atoms with van der Waals surface area (Å²) in [7, 11) is 0. The van der Waals surface area contributed by atoms with Gasteiger partial charge >= 0.3 is 0 Å². The summed E-state index contributed by atoms with van der Waals surface area (Å²) < 4.78 is 13.1. The molecule has 3 N–H and O–H groups in total. The van der Waals surface area contributed by atoms with Gasteiger partial charge in [-0.25, -0.2) is 4.39 Å². The van der Waals surface area contributed by atoms with E-state index in [-0.39, 0.29) is 12.4 Å². The van der Waals surface area contributed by atoms with E-state index in [0.717, 1.165) is 11.3 Å². The van der Waals surface area contributed by atoms with Gasteiger partial charge in [0.1, 0.15) is 5.82 Å². The Morgan fingerprint density at radius 3 is 2.88 bits per heavy atom. The van der Waals surface area contributed by atoms with Crippen molar-refractivity contribution in [1.29, 1.82) is 0 Å². The third kappa shape index (κ3) is 3.12. The van der Waals surface area contributed by atoms with Crippen molar-refractivity contribution in [2.75, 3.05) is 0 Å². The lowest BCUT2D eigenvalue weighted by atomic mass is 10.1. The molecule has 0 radical (unpaired) electrons. The minimum absolute atomic E-state index is 0.278. The Morgan fingerprint density at radius 1 is 1.29 bits per heavy atom. The summed E-state index contributed by atoms with van der Waals surface area (Å²) in [5.41, 5.74) is 2.26. The van der Waals surface area contributed by atoms with Crippen molar-refractivity contribution in [2.24, 2.45) is 0 Å². The van der Waals surface area contributed by atoms with Gasteiger partial charge in [0.05, 0.1) is 6.61 Å². The molecule has 1 heterocycles. The summed E-state index contributed by atoms with van der Waals surface area (Å²) in [6.07, 6.45) is 1.69. The lowest BCUT2D eigenvalue weighted by Gasteiger charge is -2.06. The second kappa shape index (κ2) is 5.56. The second-order valence-electron chi connectivity index (χ2n) is 3.77. The summed E-state index contributed by atoms with van der Waals surface area (Å²) in [6.45, 7) is 1.01. The van der Waals surface area contributed by atoms with Crippen LogP contribution < -0.4 is 5.32 Å². The van der Waals surface area contributed by atoms with E-state index in [4.69, 9.17) is 5.11 Å². The Balaban J connectivity index is 1.90. The Labute approximate surface area is 98.5 Å². The molecule has 0 spiro atoms. The molecule has 0 amide bonds. The molecule has 0 aliphatic heterocycles.